The first-order valence-electron chi connectivity index (χ1n) is 4.89. The summed E-state index contributed by atoms with van der Waals surface area (Å²) in [4.78, 5) is 0. The van der Waals surface area contributed by atoms with Gasteiger partial charge in [0, 0.05) is 0 Å². The highest BCUT2D eigenvalue weighted by molar-refractivity contribution is 5.36. The van der Waals surface area contributed by atoms with Crippen LogP contribution >= 0.6 is 0 Å². The second-order valence-corrected chi connectivity index (χ2v) is 3.51. The number of hydrogen-bond acceptors (Lipinski definition) is 1. The first kappa shape index (κ1) is 10.7. The quantitative estimate of drug-likeness (QED) is 0.716. The van der Waals surface area contributed by atoms with Crippen LogP contribution in [-0.4, -0.2) is 0 Å². The van der Waals surface area contributed by atoms with Crippen molar-refractivity contribution >= 4 is 0 Å². The van der Waals surface area contributed by atoms with Crippen LogP contribution in [0.3, 0.4) is 0 Å². The Hall–Kier alpha value is -1.36. The zero-order valence-corrected chi connectivity index (χ0v) is 8.55. The van der Waals surface area contributed by atoms with Crippen molar-refractivity contribution in [3.05, 3.63) is 35.1 Å². The van der Waals surface area contributed by atoms with Crippen molar-refractivity contribution < 1.29 is 4.39 Å². The molecule has 1 unspecified atom stereocenters. The number of benzene rings is 1. The summed E-state index contributed by atoms with van der Waals surface area (Å²) in [5.74, 6) is -0.163. The molecule has 0 saturated heterocycles. The topological polar surface area (TPSA) is 23.8 Å². The number of hydrogen-bond donors (Lipinski definition) is 0. The van der Waals surface area contributed by atoms with E-state index in [-0.39, 0.29) is 17.3 Å². The molecule has 1 aromatic rings. The van der Waals surface area contributed by atoms with Crippen LogP contribution in [0, 0.1) is 17.1 Å². The van der Waals surface area contributed by atoms with Crippen LogP contribution in [0.1, 0.15) is 43.7 Å². The van der Waals surface area contributed by atoms with E-state index in [2.05, 4.69) is 6.92 Å². The van der Waals surface area contributed by atoms with Crippen LogP contribution in [-0.2, 0) is 0 Å². The summed E-state index contributed by atoms with van der Waals surface area (Å²) in [5.41, 5.74) is 0.802. The Kier molecular flexibility index (Phi) is 3.64. The smallest absolute Gasteiger partial charge is 0.144 e. The molecule has 74 valence electrons. The largest absolute Gasteiger partial charge is 0.205 e. The molecule has 0 heterocycles. The molecule has 0 aliphatic carbocycles. The molecule has 0 fully saturated rings. The van der Waals surface area contributed by atoms with E-state index in [0.29, 0.717) is 5.56 Å². The predicted octanol–water partition coefficient (Wildman–Crippen LogP) is 3.60. The molecule has 0 saturated carbocycles. The number of rotatable bonds is 3. The van der Waals surface area contributed by atoms with Gasteiger partial charge in [-0.15, -0.1) is 0 Å². The summed E-state index contributed by atoms with van der Waals surface area (Å²) in [6, 6.07) is 6.87. The monoisotopic (exact) mass is 191 g/mol. The molecular formula is C12H14FN. The molecule has 0 aromatic heterocycles. The molecule has 1 rings (SSSR count). The lowest BCUT2D eigenvalue weighted by molar-refractivity contribution is 0.568. The van der Waals surface area contributed by atoms with Gasteiger partial charge in [0.2, 0.25) is 0 Å². The Bertz CT molecular complexity index is 352. The highest BCUT2D eigenvalue weighted by atomic mass is 19.1. The van der Waals surface area contributed by atoms with Gasteiger partial charge >= 0.3 is 0 Å². The van der Waals surface area contributed by atoms with E-state index in [4.69, 9.17) is 5.26 Å². The molecule has 0 amide bonds. The Morgan fingerprint density at radius 3 is 2.79 bits per heavy atom. The van der Waals surface area contributed by atoms with E-state index in [9.17, 15) is 4.39 Å². The second-order valence-electron chi connectivity index (χ2n) is 3.51. The minimum absolute atomic E-state index is 0.144. The Balaban J connectivity index is 3.04. The Labute approximate surface area is 84.2 Å². The van der Waals surface area contributed by atoms with Gasteiger partial charge in [0.15, 0.2) is 0 Å². The number of nitriles is 1. The molecule has 0 radical (unpaired) electrons. The summed E-state index contributed by atoms with van der Waals surface area (Å²) in [6.45, 7) is 4.06. The minimum Gasteiger partial charge on any atom is -0.205 e. The van der Waals surface area contributed by atoms with Gasteiger partial charge < -0.3 is 0 Å². The maximum Gasteiger partial charge on any atom is 0.144 e. The zero-order chi connectivity index (χ0) is 10.6. The SMILES string of the molecule is CCCC(C)c1cccc(C#N)c1F. The first-order chi connectivity index (χ1) is 6.70. The fourth-order valence-corrected chi connectivity index (χ4v) is 1.61. The second kappa shape index (κ2) is 4.76. The lowest BCUT2D eigenvalue weighted by Gasteiger charge is -2.11. The summed E-state index contributed by atoms with van der Waals surface area (Å²) in [7, 11) is 0. The molecule has 0 N–H and O–H groups in total. The van der Waals surface area contributed by atoms with Crippen molar-refractivity contribution in [3.63, 3.8) is 0 Å². The standard InChI is InChI=1S/C12H14FN/c1-3-5-9(2)11-7-4-6-10(8-14)12(11)13/h4,6-7,9H,3,5H2,1-2H3. The van der Waals surface area contributed by atoms with Crippen molar-refractivity contribution in [1.29, 1.82) is 5.26 Å². The van der Waals surface area contributed by atoms with E-state index in [1.54, 1.807) is 12.1 Å². The Morgan fingerprint density at radius 2 is 2.21 bits per heavy atom. The van der Waals surface area contributed by atoms with Gasteiger partial charge in [0.05, 0.1) is 5.56 Å². The van der Waals surface area contributed by atoms with Crippen molar-refractivity contribution in [2.75, 3.05) is 0 Å². The van der Waals surface area contributed by atoms with Crippen molar-refractivity contribution in [1.82, 2.24) is 0 Å². The molecule has 0 aliphatic rings. The molecular weight excluding hydrogens is 177 g/mol. The van der Waals surface area contributed by atoms with E-state index < -0.39 is 0 Å². The van der Waals surface area contributed by atoms with Crippen LogP contribution in [0.25, 0.3) is 0 Å². The lowest BCUT2D eigenvalue weighted by atomic mass is 9.94. The molecule has 14 heavy (non-hydrogen) atoms. The maximum atomic E-state index is 13.6. The van der Waals surface area contributed by atoms with E-state index >= 15 is 0 Å². The molecule has 1 atom stereocenters. The van der Waals surface area contributed by atoms with Gasteiger partial charge in [0.1, 0.15) is 11.9 Å². The van der Waals surface area contributed by atoms with Crippen molar-refractivity contribution in [2.45, 2.75) is 32.6 Å². The average molecular weight is 191 g/mol. The van der Waals surface area contributed by atoms with Gasteiger partial charge in [-0.1, -0.05) is 32.4 Å². The third-order valence-electron chi connectivity index (χ3n) is 2.40. The van der Waals surface area contributed by atoms with Gasteiger partial charge in [0.25, 0.3) is 0 Å². The fraction of sp³-hybridized carbons (Fsp3) is 0.417. The molecule has 2 heteroatoms. The summed E-state index contributed by atoms with van der Waals surface area (Å²) in [5, 5.41) is 8.66. The summed E-state index contributed by atoms with van der Waals surface area (Å²) in [6.07, 6.45) is 1.98. The average Bonchev–Trinajstić information content (AvgIpc) is 2.18. The fourth-order valence-electron chi connectivity index (χ4n) is 1.61. The molecule has 0 aliphatic heterocycles. The molecule has 0 spiro atoms. The maximum absolute atomic E-state index is 13.6. The summed E-state index contributed by atoms with van der Waals surface area (Å²) >= 11 is 0. The van der Waals surface area contributed by atoms with Gasteiger partial charge in [-0.3, -0.25) is 0 Å². The predicted molar refractivity (Wildman–Crippen MR) is 54.4 cm³/mol. The number of halogens is 1. The van der Waals surface area contributed by atoms with Crippen LogP contribution in [0.15, 0.2) is 18.2 Å². The van der Waals surface area contributed by atoms with Gasteiger partial charge in [-0.2, -0.15) is 5.26 Å². The third-order valence-corrected chi connectivity index (χ3v) is 2.40. The Morgan fingerprint density at radius 1 is 1.50 bits per heavy atom. The highest BCUT2D eigenvalue weighted by Gasteiger charge is 2.12. The van der Waals surface area contributed by atoms with Crippen LogP contribution in [0.4, 0.5) is 4.39 Å². The first-order valence-corrected chi connectivity index (χ1v) is 4.89. The van der Waals surface area contributed by atoms with Crippen LogP contribution < -0.4 is 0 Å². The van der Waals surface area contributed by atoms with Gasteiger partial charge in [-0.05, 0) is 24.0 Å². The third kappa shape index (κ3) is 2.11. The van der Waals surface area contributed by atoms with E-state index in [1.807, 2.05) is 13.0 Å². The van der Waals surface area contributed by atoms with Crippen LogP contribution in [0.5, 0.6) is 0 Å². The highest BCUT2D eigenvalue weighted by Crippen LogP contribution is 2.24. The normalized spacial score (nSPS) is 12.1. The van der Waals surface area contributed by atoms with Gasteiger partial charge in [-0.25, -0.2) is 4.39 Å². The summed E-state index contributed by atoms with van der Waals surface area (Å²) < 4.78 is 13.6. The lowest BCUT2D eigenvalue weighted by Crippen LogP contribution is -1.99. The molecule has 0 bridgehead atoms. The number of nitrogens with zero attached hydrogens (tertiary/aromatic N) is 1. The van der Waals surface area contributed by atoms with E-state index in [1.165, 1.54) is 6.07 Å². The van der Waals surface area contributed by atoms with Crippen molar-refractivity contribution in [3.8, 4) is 6.07 Å². The minimum atomic E-state index is -0.351. The molecule has 1 nitrogen and oxygen atoms in total. The van der Waals surface area contributed by atoms with E-state index in [0.717, 1.165) is 12.8 Å². The van der Waals surface area contributed by atoms with Crippen molar-refractivity contribution in [2.24, 2.45) is 0 Å². The zero-order valence-electron chi connectivity index (χ0n) is 8.55. The van der Waals surface area contributed by atoms with Crippen LogP contribution in [0.2, 0.25) is 0 Å². The molecule has 1 aromatic carbocycles.